The number of likely N-dealkylation sites (tertiary alicyclic amines) is 2. The number of hydrogen-bond acceptors (Lipinski definition) is 9. The third-order valence-electron chi connectivity index (χ3n) is 12.0. The highest BCUT2D eigenvalue weighted by atomic mass is 19.4. The molecule has 0 spiro atoms. The minimum Gasteiger partial charge on any atom is -0.368 e. The van der Waals surface area contributed by atoms with Gasteiger partial charge in [0.15, 0.2) is 5.69 Å². The van der Waals surface area contributed by atoms with E-state index in [-0.39, 0.29) is 35.6 Å². The fourth-order valence-electron chi connectivity index (χ4n) is 8.35. The predicted octanol–water partition coefficient (Wildman–Crippen LogP) is 3.98. The Morgan fingerprint density at radius 3 is 2.29 bits per heavy atom. The molecule has 4 fully saturated rings. The van der Waals surface area contributed by atoms with Gasteiger partial charge in [-0.05, 0) is 88.0 Å². The number of piperidine rings is 2. The van der Waals surface area contributed by atoms with E-state index in [1.165, 1.54) is 6.07 Å². The molecule has 0 aliphatic carbocycles. The number of alkyl halides is 3. The van der Waals surface area contributed by atoms with Crippen LogP contribution in [0, 0.1) is 6.57 Å². The van der Waals surface area contributed by atoms with Crippen molar-refractivity contribution in [3.8, 4) is 0 Å². The van der Waals surface area contributed by atoms with Crippen LogP contribution in [0.5, 0.6) is 0 Å². The van der Waals surface area contributed by atoms with Gasteiger partial charge in [-0.2, -0.15) is 18.3 Å². The van der Waals surface area contributed by atoms with Gasteiger partial charge >= 0.3 is 6.18 Å². The summed E-state index contributed by atoms with van der Waals surface area (Å²) in [6, 6.07) is 8.17. The number of amides is 5. The molecule has 2 N–H and O–H groups in total. The Bertz CT molecular complexity index is 2180. The molecule has 14 nitrogen and oxygen atoms in total. The van der Waals surface area contributed by atoms with Crippen LogP contribution in [0.1, 0.15) is 77.3 Å². The Morgan fingerprint density at radius 1 is 0.911 bits per heavy atom. The first kappa shape index (κ1) is 37.3. The molecule has 292 valence electrons. The first-order valence-corrected chi connectivity index (χ1v) is 18.7. The fourth-order valence-corrected chi connectivity index (χ4v) is 8.35. The molecular weight excluding hydrogens is 731 g/mol. The van der Waals surface area contributed by atoms with Crippen LogP contribution in [-0.2, 0) is 26.1 Å². The van der Waals surface area contributed by atoms with Gasteiger partial charge in [-0.25, -0.2) is 4.85 Å². The molecule has 5 aliphatic rings. The molecule has 17 heteroatoms. The number of carbonyl (C=O) groups excluding carboxylic acids is 5. The minimum atomic E-state index is -4.73. The number of halogens is 3. The highest BCUT2D eigenvalue weighted by Crippen LogP contribution is 2.39. The first-order chi connectivity index (χ1) is 26.6. The lowest BCUT2D eigenvalue weighted by Crippen LogP contribution is -2.70. The van der Waals surface area contributed by atoms with Crippen LogP contribution in [0.2, 0.25) is 0 Å². The average Bonchev–Trinajstić information content (AvgIpc) is 3.72. The van der Waals surface area contributed by atoms with Gasteiger partial charge in [0.2, 0.25) is 11.8 Å². The van der Waals surface area contributed by atoms with Crippen molar-refractivity contribution in [3.05, 3.63) is 82.5 Å². The van der Waals surface area contributed by atoms with Gasteiger partial charge in [0.25, 0.3) is 17.7 Å². The number of imide groups is 2. The normalized spacial score (nSPS) is 21.8. The van der Waals surface area contributed by atoms with Gasteiger partial charge < -0.3 is 10.2 Å². The van der Waals surface area contributed by atoms with Gasteiger partial charge in [0.1, 0.15) is 11.6 Å². The molecule has 1 aromatic heterocycles. The van der Waals surface area contributed by atoms with Crippen LogP contribution in [-0.4, -0.2) is 111 Å². The third-order valence-corrected chi connectivity index (χ3v) is 12.0. The zero-order chi connectivity index (χ0) is 39.7. The van der Waals surface area contributed by atoms with Gasteiger partial charge in [-0.3, -0.25) is 48.7 Å². The summed E-state index contributed by atoms with van der Waals surface area (Å²) in [6.07, 6.45) is 0.931. The maximum atomic E-state index is 13.5. The number of hydrogen-bond donors (Lipinski definition) is 2. The summed E-state index contributed by atoms with van der Waals surface area (Å²) in [5.74, 6) is -2.34. The van der Waals surface area contributed by atoms with E-state index in [1.54, 1.807) is 36.9 Å². The van der Waals surface area contributed by atoms with Gasteiger partial charge in [0.05, 0.1) is 29.5 Å². The summed E-state index contributed by atoms with van der Waals surface area (Å²) < 4.78 is 41.9. The van der Waals surface area contributed by atoms with E-state index in [1.807, 2.05) is 12.3 Å². The molecule has 6 heterocycles. The van der Waals surface area contributed by atoms with Crippen molar-refractivity contribution in [1.82, 2.24) is 29.8 Å². The number of rotatable bonds is 8. The summed E-state index contributed by atoms with van der Waals surface area (Å²) in [5, 5.41) is 9.25. The molecule has 3 aromatic rings. The van der Waals surface area contributed by atoms with E-state index < -0.39 is 58.5 Å². The Morgan fingerprint density at radius 2 is 1.61 bits per heavy atom. The lowest BCUT2D eigenvalue weighted by atomic mass is 9.89. The summed E-state index contributed by atoms with van der Waals surface area (Å²) in [6.45, 7) is 15.7. The number of fused-ring (bicyclic) bond motifs is 1. The Labute approximate surface area is 320 Å². The van der Waals surface area contributed by atoms with Crippen molar-refractivity contribution in [2.45, 2.75) is 75.3 Å². The van der Waals surface area contributed by atoms with Gasteiger partial charge in [-0.1, -0.05) is 6.07 Å². The molecule has 1 atom stereocenters. The summed E-state index contributed by atoms with van der Waals surface area (Å²) >= 11 is 0. The van der Waals surface area contributed by atoms with Crippen LogP contribution in [0.3, 0.4) is 0 Å². The van der Waals surface area contributed by atoms with Crippen molar-refractivity contribution in [1.29, 1.82) is 0 Å². The van der Waals surface area contributed by atoms with Crippen molar-refractivity contribution < 1.29 is 37.1 Å². The average molecular weight is 772 g/mol. The van der Waals surface area contributed by atoms with E-state index in [4.69, 9.17) is 6.57 Å². The van der Waals surface area contributed by atoms with Crippen molar-refractivity contribution in [2.75, 3.05) is 49.5 Å². The molecule has 0 bridgehead atoms. The van der Waals surface area contributed by atoms with Gasteiger partial charge in [-0.15, -0.1) is 0 Å². The highest BCUT2D eigenvalue weighted by molar-refractivity contribution is 6.23. The Hall–Kier alpha value is -5.60. The maximum Gasteiger partial charge on any atom is 0.407 e. The van der Waals surface area contributed by atoms with E-state index in [9.17, 15) is 37.1 Å². The van der Waals surface area contributed by atoms with Crippen LogP contribution in [0.15, 0.2) is 48.8 Å². The second kappa shape index (κ2) is 13.9. The largest absolute Gasteiger partial charge is 0.407 e. The number of nitrogens with one attached hydrogen (secondary N) is 2. The van der Waals surface area contributed by atoms with Crippen molar-refractivity contribution >= 4 is 46.6 Å². The van der Waals surface area contributed by atoms with Crippen molar-refractivity contribution in [3.63, 3.8) is 0 Å². The predicted molar refractivity (Wildman–Crippen MR) is 196 cm³/mol. The number of carbonyl (C=O) groups is 5. The van der Waals surface area contributed by atoms with E-state index in [0.717, 1.165) is 80.4 Å². The zero-order valence-electron chi connectivity index (χ0n) is 30.8. The Balaban J connectivity index is 0.798. The molecule has 8 rings (SSSR count). The summed E-state index contributed by atoms with van der Waals surface area (Å²) in [7, 11) is 0. The maximum absolute atomic E-state index is 13.5. The smallest absolute Gasteiger partial charge is 0.368 e. The molecule has 2 aromatic carbocycles. The molecular formula is C39H40F3N9O5. The second-order valence-electron chi connectivity index (χ2n) is 15.7. The minimum absolute atomic E-state index is 0.0520. The lowest BCUT2D eigenvalue weighted by Gasteiger charge is -2.55. The molecule has 4 saturated heterocycles. The van der Waals surface area contributed by atoms with Crippen LogP contribution < -0.4 is 15.5 Å². The summed E-state index contributed by atoms with van der Waals surface area (Å²) in [5.41, 5.74) is -0.472. The SMILES string of the molecule is [C-]#[N+]c1ccc(NC(=O)C(C)(C)n2cc(C3CCN(C4CN(C5CN(c6ccc7c(c6)C(=O)N(C6CCC(=O)NC6=O)C7=O)C5)C4)CC3)cn2)cc1C(F)(F)F. The molecule has 56 heavy (non-hydrogen) atoms. The van der Waals surface area contributed by atoms with E-state index >= 15 is 0 Å². The topological polar surface area (TPSA) is 145 Å². The molecule has 0 saturated carbocycles. The quantitative estimate of drug-likeness (QED) is 0.257. The van der Waals surface area contributed by atoms with Gasteiger partial charge in [0, 0.05) is 62.3 Å². The molecule has 0 radical (unpaired) electrons. The number of aromatic nitrogens is 2. The molecule has 1 unspecified atom stereocenters. The number of anilines is 2. The number of nitrogens with zero attached hydrogens (tertiary/aromatic N) is 7. The zero-order valence-corrected chi connectivity index (χ0v) is 30.8. The third kappa shape index (κ3) is 6.60. The first-order valence-electron chi connectivity index (χ1n) is 18.7. The Kier molecular flexibility index (Phi) is 9.23. The van der Waals surface area contributed by atoms with E-state index in [2.05, 4.69) is 35.3 Å². The van der Waals surface area contributed by atoms with Crippen LogP contribution in [0.25, 0.3) is 4.85 Å². The second-order valence-corrected chi connectivity index (χ2v) is 15.7. The van der Waals surface area contributed by atoms with Crippen LogP contribution >= 0.6 is 0 Å². The van der Waals surface area contributed by atoms with Crippen LogP contribution in [0.4, 0.5) is 30.2 Å². The number of benzene rings is 2. The highest BCUT2D eigenvalue weighted by Gasteiger charge is 2.46. The molecule has 5 aliphatic heterocycles. The lowest BCUT2D eigenvalue weighted by molar-refractivity contribution is -0.137. The monoisotopic (exact) mass is 771 g/mol. The van der Waals surface area contributed by atoms with E-state index in [0.29, 0.717) is 12.1 Å². The fraction of sp³-hybridized carbons (Fsp3) is 0.462. The summed E-state index contributed by atoms with van der Waals surface area (Å²) in [4.78, 5) is 74.6. The molecule has 5 amide bonds. The standard InChI is InChI=1S/C39H40F3N9O5/c1-38(2,37(56)45-24-4-7-31(43-3)30(14-24)39(40,41)42)50-17-23(16-44-50)22-10-12-47(13-11-22)26-18-49(19-26)27-20-48(21-27)25-5-6-28-29(15-25)36(55)51(35(28)54)32-8-9-33(52)46-34(32)53/h4-7,14-17,22,26-27,32H,8-13,18-21H2,1-2H3,(H,45,56)(H,46,52,53). The van der Waals surface area contributed by atoms with Crippen molar-refractivity contribution in [2.24, 2.45) is 0 Å².